The summed E-state index contributed by atoms with van der Waals surface area (Å²) in [6, 6.07) is 0. The molecule has 7 heavy (non-hydrogen) atoms. The topological polar surface area (TPSA) is 0 Å². The van der Waals surface area contributed by atoms with E-state index >= 15 is 0 Å². The second-order valence-corrected chi connectivity index (χ2v) is 5.75. The van der Waals surface area contributed by atoms with Crippen molar-refractivity contribution < 1.29 is 0 Å². The Balaban J connectivity index is 2.45. The van der Waals surface area contributed by atoms with Gasteiger partial charge in [-0.3, -0.25) is 0 Å². The van der Waals surface area contributed by atoms with Crippen molar-refractivity contribution in [1.29, 1.82) is 0 Å². The molecule has 0 aliphatic heterocycles. The Kier molecular flexibility index (Phi) is 8.08. The van der Waals surface area contributed by atoms with Gasteiger partial charge in [-0.2, -0.15) is 0 Å². The molecule has 0 aliphatic carbocycles. The minimum absolute atomic E-state index is 0.863. The standard InChI is InChI=1S/C5H12Se2/c1-2-3-4-5-7-6/h6H,2-5H2,1H3. The zero-order valence-corrected chi connectivity index (χ0v) is 8.27. The van der Waals surface area contributed by atoms with Crippen LogP contribution in [-0.2, 0) is 0 Å². The predicted molar refractivity (Wildman–Crippen MR) is 37.2 cm³/mol. The molecule has 0 nitrogen and oxygen atoms in total. The van der Waals surface area contributed by atoms with Crippen LogP contribution in [0.1, 0.15) is 26.2 Å². The summed E-state index contributed by atoms with van der Waals surface area (Å²) in [4.78, 5) is 0. The van der Waals surface area contributed by atoms with Gasteiger partial charge in [-0.15, -0.1) is 0 Å². The molecule has 0 heterocycles. The van der Waals surface area contributed by atoms with E-state index in [9.17, 15) is 0 Å². The van der Waals surface area contributed by atoms with E-state index in [1.807, 2.05) is 0 Å². The first-order chi connectivity index (χ1) is 3.41. The second-order valence-electron chi connectivity index (χ2n) is 1.54. The van der Waals surface area contributed by atoms with Gasteiger partial charge in [0.05, 0.1) is 0 Å². The van der Waals surface area contributed by atoms with E-state index in [1.165, 1.54) is 24.6 Å². The van der Waals surface area contributed by atoms with E-state index in [2.05, 4.69) is 21.1 Å². The Morgan fingerprint density at radius 2 is 2.14 bits per heavy atom. The van der Waals surface area contributed by atoms with Crippen LogP contribution in [-0.4, -0.2) is 27.3 Å². The van der Waals surface area contributed by atoms with Gasteiger partial charge in [0.25, 0.3) is 0 Å². The van der Waals surface area contributed by atoms with E-state index in [0.29, 0.717) is 0 Å². The zero-order chi connectivity index (χ0) is 5.54. The van der Waals surface area contributed by atoms with Gasteiger partial charge in [-0.25, -0.2) is 0 Å². The van der Waals surface area contributed by atoms with Gasteiger partial charge >= 0.3 is 58.8 Å². The van der Waals surface area contributed by atoms with Gasteiger partial charge < -0.3 is 0 Å². The second kappa shape index (κ2) is 7.04. The summed E-state index contributed by atoms with van der Waals surface area (Å²) in [7, 11) is 0. The van der Waals surface area contributed by atoms with E-state index in [-0.39, 0.29) is 0 Å². The van der Waals surface area contributed by atoms with Crippen LogP contribution in [0.3, 0.4) is 0 Å². The van der Waals surface area contributed by atoms with Crippen molar-refractivity contribution in [2.75, 3.05) is 0 Å². The van der Waals surface area contributed by atoms with Gasteiger partial charge in [0.15, 0.2) is 0 Å². The molecule has 0 unspecified atom stereocenters. The summed E-state index contributed by atoms with van der Waals surface area (Å²) in [6.07, 6.45) is 4.24. The average Bonchev–Trinajstić information content (AvgIpc) is 1.69. The van der Waals surface area contributed by atoms with Crippen LogP contribution in [0, 0.1) is 0 Å². The number of unbranched alkanes of at least 4 members (excludes halogenated alkanes) is 2. The molecular weight excluding hydrogens is 218 g/mol. The molecule has 0 aromatic rings. The fraction of sp³-hybridized carbons (Fsp3) is 1.00. The molecule has 0 aliphatic rings. The molecule has 0 radical (unpaired) electrons. The molecule has 0 N–H and O–H groups in total. The molecule has 0 aromatic carbocycles. The summed E-state index contributed by atoms with van der Waals surface area (Å²) in [5.41, 5.74) is 0. The first-order valence-corrected chi connectivity index (χ1v) is 8.64. The molecule has 0 aromatic heterocycles. The normalized spacial score (nSPS) is 9.43. The molecule has 0 spiro atoms. The van der Waals surface area contributed by atoms with E-state index in [4.69, 9.17) is 0 Å². The number of rotatable bonds is 4. The van der Waals surface area contributed by atoms with Gasteiger partial charge in [0.2, 0.25) is 0 Å². The van der Waals surface area contributed by atoms with Gasteiger partial charge in [-0.1, -0.05) is 0 Å². The zero-order valence-electron chi connectivity index (χ0n) is 4.68. The molecule has 0 rings (SSSR count). The van der Waals surface area contributed by atoms with Crippen molar-refractivity contribution in [3.63, 3.8) is 0 Å². The van der Waals surface area contributed by atoms with Crippen LogP contribution >= 0.6 is 0 Å². The van der Waals surface area contributed by atoms with Crippen molar-refractivity contribution in [3.05, 3.63) is 0 Å². The van der Waals surface area contributed by atoms with Gasteiger partial charge in [-0.05, 0) is 0 Å². The number of hydrogen-bond donors (Lipinski definition) is 0. The van der Waals surface area contributed by atoms with Crippen LogP contribution in [0.25, 0.3) is 0 Å². The molecule has 0 amide bonds. The first kappa shape index (κ1) is 8.04. The van der Waals surface area contributed by atoms with Crippen LogP contribution in [0.15, 0.2) is 0 Å². The monoisotopic (exact) mass is 232 g/mol. The van der Waals surface area contributed by atoms with Crippen molar-refractivity contribution in [2.24, 2.45) is 0 Å². The molecule has 0 saturated carbocycles. The van der Waals surface area contributed by atoms with Crippen molar-refractivity contribution in [1.82, 2.24) is 0 Å². The summed E-state index contributed by atoms with van der Waals surface area (Å²) in [5, 5.41) is 1.46. The minimum atomic E-state index is 0.863. The summed E-state index contributed by atoms with van der Waals surface area (Å²) < 4.78 is 0. The molecule has 0 saturated heterocycles. The summed E-state index contributed by atoms with van der Waals surface area (Å²) in [6.45, 7) is 2.25. The SMILES string of the molecule is CCCCC[Se][SeH]. The molecule has 0 bridgehead atoms. The van der Waals surface area contributed by atoms with E-state index in [0.717, 1.165) is 13.1 Å². The van der Waals surface area contributed by atoms with E-state index < -0.39 is 0 Å². The quantitative estimate of drug-likeness (QED) is 0.501. The fourth-order valence-corrected chi connectivity index (χ4v) is 2.52. The third kappa shape index (κ3) is 7.04. The molecular formula is C5H12Se2. The van der Waals surface area contributed by atoms with E-state index in [1.54, 1.807) is 0 Å². The van der Waals surface area contributed by atoms with Crippen LogP contribution in [0.2, 0.25) is 5.32 Å². The summed E-state index contributed by atoms with van der Waals surface area (Å²) in [5.74, 6) is 0. The maximum absolute atomic E-state index is 2.69. The van der Waals surface area contributed by atoms with Gasteiger partial charge in [0, 0.05) is 0 Å². The maximum atomic E-state index is 2.69. The molecule has 44 valence electrons. The Morgan fingerprint density at radius 3 is 2.57 bits per heavy atom. The van der Waals surface area contributed by atoms with Crippen molar-refractivity contribution in [2.45, 2.75) is 31.5 Å². The summed E-state index contributed by atoms with van der Waals surface area (Å²) >= 11 is 3.55. The molecule has 0 atom stereocenters. The Hall–Kier alpha value is 1.04. The van der Waals surface area contributed by atoms with Gasteiger partial charge in [0.1, 0.15) is 0 Å². The Bertz CT molecular complexity index is 25.3. The average molecular weight is 230 g/mol. The molecule has 2 heteroatoms. The van der Waals surface area contributed by atoms with Crippen LogP contribution < -0.4 is 0 Å². The van der Waals surface area contributed by atoms with Crippen LogP contribution in [0.4, 0.5) is 0 Å². The Morgan fingerprint density at radius 1 is 1.43 bits per heavy atom. The van der Waals surface area contributed by atoms with Crippen molar-refractivity contribution in [3.8, 4) is 0 Å². The van der Waals surface area contributed by atoms with Crippen LogP contribution in [0.5, 0.6) is 0 Å². The fourth-order valence-electron chi connectivity index (χ4n) is 0.417. The predicted octanol–water partition coefficient (Wildman–Crippen LogP) is 1.11. The third-order valence-electron chi connectivity index (χ3n) is 0.839. The number of hydrogen-bond acceptors (Lipinski definition) is 0. The first-order valence-electron chi connectivity index (χ1n) is 2.68. The van der Waals surface area contributed by atoms with Crippen molar-refractivity contribution >= 4 is 27.3 Å². The third-order valence-corrected chi connectivity index (χ3v) is 3.82. The Labute approximate surface area is 59.0 Å². The molecule has 0 fully saturated rings.